The van der Waals surface area contributed by atoms with Gasteiger partial charge in [-0.15, -0.1) is 16.3 Å². The van der Waals surface area contributed by atoms with E-state index in [0.29, 0.717) is 36.4 Å². The van der Waals surface area contributed by atoms with Crippen LogP contribution in [0.4, 0.5) is 0 Å². The zero-order valence-corrected chi connectivity index (χ0v) is 24.6. The lowest BCUT2D eigenvalue weighted by Crippen LogP contribution is -2.51. The van der Waals surface area contributed by atoms with E-state index in [9.17, 15) is 19.5 Å². The van der Waals surface area contributed by atoms with Crippen molar-refractivity contribution in [3.63, 3.8) is 0 Å². The summed E-state index contributed by atoms with van der Waals surface area (Å²) in [7, 11) is 1.18. The van der Waals surface area contributed by atoms with Gasteiger partial charge in [-0.25, -0.2) is 4.79 Å². The number of aliphatic imine (C=N–C) groups is 1. The van der Waals surface area contributed by atoms with Gasteiger partial charge in [-0.05, 0) is 36.1 Å². The number of amides is 2. The molecule has 1 fully saturated rings. The second-order valence-electron chi connectivity index (χ2n) is 9.77. The van der Waals surface area contributed by atoms with Crippen LogP contribution in [-0.4, -0.2) is 94.3 Å². The smallest absolute Gasteiger partial charge is 0.330 e. The minimum Gasteiger partial charge on any atom is -0.467 e. The van der Waals surface area contributed by atoms with Gasteiger partial charge in [0.15, 0.2) is 0 Å². The van der Waals surface area contributed by atoms with Crippen molar-refractivity contribution in [1.82, 2.24) is 30.6 Å². The van der Waals surface area contributed by atoms with Crippen molar-refractivity contribution < 1.29 is 24.2 Å². The van der Waals surface area contributed by atoms with Gasteiger partial charge < -0.3 is 30.3 Å². The summed E-state index contributed by atoms with van der Waals surface area (Å²) in [6, 6.07) is 2.21. The van der Waals surface area contributed by atoms with Crippen molar-refractivity contribution in [2.45, 2.75) is 31.5 Å². The molecule has 13 nitrogen and oxygen atoms in total. The van der Waals surface area contributed by atoms with Crippen molar-refractivity contribution >= 4 is 68.5 Å². The molecule has 2 aliphatic rings. The van der Waals surface area contributed by atoms with Crippen molar-refractivity contribution in [2.24, 2.45) is 4.99 Å². The molecule has 2 amide bonds. The number of nitriles is 1. The SMILES string of the molecule is COC(=O)[C@H](CN/C(=N\C#N)N1CC[C@H](O)C1)NC(=O)c1c(Cl)cc2c(c1Cl)CCN(C(=O)c1cc3[nH]ncc3s1)C2. The number of likely N-dealkylation sites (tertiary alicyclic amines) is 1. The van der Waals surface area contributed by atoms with Gasteiger partial charge in [0.2, 0.25) is 12.2 Å². The number of aromatic amines is 1. The highest BCUT2D eigenvalue weighted by atomic mass is 35.5. The lowest BCUT2D eigenvalue weighted by atomic mass is 9.96. The molecule has 0 radical (unpaired) electrons. The first-order chi connectivity index (χ1) is 20.2. The van der Waals surface area contributed by atoms with Crippen LogP contribution in [-0.2, 0) is 22.5 Å². The molecule has 42 heavy (non-hydrogen) atoms. The molecule has 0 saturated carbocycles. The van der Waals surface area contributed by atoms with Crippen molar-refractivity contribution in [3.8, 4) is 6.19 Å². The number of nitrogens with zero attached hydrogens (tertiary/aromatic N) is 5. The minimum atomic E-state index is -1.18. The summed E-state index contributed by atoms with van der Waals surface area (Å²) in [5.74, 6) is -1.40. The Morgan fingerprint density at radius 1 is 1.33 bits per heavy atom. The molecular weight excluding hydrogens is 607 g/mol. The predicted octanol–water partition coefficient (Wildman–Crippen LogP) is 1.89. The number of β-amino-alcohol motifs (C(OH)–C–C–N with tert-alkyl or cyclic N) is 1. The molecule has 0 unspecified atom stereocenters. The molecule has 1 saturated heterocycles. The van der Waals surface area contributed by atoms with Crippen LogP contribution in [0.3, 0.4) is 0 Å². The maximum atomic E-state index is 13.4. The first-order valence-electron chi connectivity index (χ1n) is 12.9. The fourth-order valence-corrected chi connectivity index (χ4v) is 6.72. The number of nitrogens with one attached hydrogen (secondary N) is 3. The van der Waals surface area contributed by atoms with Crippen LogP contribution in [0.5, 0.6) is 0 Å². The Labute approximate surface area is 254 Å². The molecule has 0 aliphatic carbocycles. The lowest BCUT2D eigenvalue weighted by Gasteiger charge is -2.30. The number of aliphatic hydroxyl groups is 1. The van der Waals surface area contributed by atoms with Crippen molar-refractivity contribution in [2.75, 3.05) is 33.3 Å². The van der Waals surface area contributed by atoms with Gasteiger partial charge in [0.25, 0.3) is 11.8 Å². The van der Waals surface area contributed by atoms with E-state index in [1.54, 1.807) is 34.3 Å². The second-order valence-corrected chi connectivity index (χ2v) is 11.6. The van der Waals surface area contributed by atoms with Gasteiger partial charge in [-0.3, -0.25) is 14.7 Å². The first kappa shape index (κ1) is 29.6. The van der Waals surface area contributed by atoms with Gasteiger partial charge in [0, 0.05) is 32.7 Å². The summed E-state index contributed by atoms with van der Waals surface area (Å²) >= 11 is 14.6. The summed E-state index contributed by atoms with van der Waals surface area (Å²) in [6.45, 7) is 1.23. The number of methoxy groups -OCH3 is 1. The largest absolute Gasteiger partial charge is 0.467 e. The normalized spacial score (nSPS) is 17.5. The highest BCUT2D eigenvalue weighted by molar-refractivity contribution is 7.20. The highest BCUT2D eigenvalue weighted by Crippen LogP contribution is 2.35. The van der Waals surface area contributed by atoms with Crippen LogP contribution in [0.15, 0.2) is 23.3 Å². The summed E-state index contributed by atoms with van der Waals surface area (Å²) in [5.41, 5.74) is 2.22. The molecule has 2 aliphatic heterocycles. The Morgan fingerprint density at radius 2 is 2.14 bits per heavy atom. The Hall–Kier alpha value is -3.90. The predicted molar refractivity (Wildman–Crippen MR) is 155 cm³/mol. The van der Waals surface area contributed by atoms with Crippen LogP contribution in [0.25, 0.3) is 10.2 Å². The molecule has 1 aromatic carbocycles. The van der Waals surface area contributed by atoms with E-state index in [-0.39, 0.29) is 47.1 Å². The number of H-pyrrole nitrogens is 1. The fourth-order valence-electron chi connectivity index (χ4n) is 5.01. The number of thiophene rings is 1. The summed E-state index contributed by atoms with van der Waals surface area (Å²) in [6.07, 6.45) is 3.72. The molecule has 0 spiro atoms. The van der Waals surface area contributed by atoms with Crippen LogP contribution >= 0.6 is 34.5 Å². The first-order valence-corrected chi connectivity index (χ1v) is 14.5. The molecule has 4 N–H and O–H groups in total. The average Bonchev–Trinajstić information content (AvgIpc) is 3.70. The molecule has 5 rings (SSSR count). The van der Waals surface area contributed by atoms with Crippen LogP contribution in [0, 0.1) is 11.5 Å². The standard InChI is InChI=1S/C26H26Cl2N8O5S/c1-41-25(40)18(8-30-26(31-12-29)36-4-2-14(37)11-36)33-23(38)21-16(27)6-13-10-35(5-3-15(13)22(21)28)24(39)19-7-17-20(42-19)9-32-34-17/h6-7,9,14,18,37H,2-5,8,10-11H2,1H3,(H,30,31)(H,32,34)(H,33,38)/t14-,18-/m0/s1. The van der Waals surface area contributed by atoms with Crippen LogP contribution < -0.4 is 10.6 Å². The minimum absolute atomic E-state index is 0.000567. The van der Waals surface area contributed by atoms with E-state index in [1.807, 2.05) is 0 Å². The third-order valence-corrected chi connectivity index (χ3v) is 8.90. The maximum Gasteiger partial charge on any atom is 0.330 e. The second kappa shape index (κ2) is 12.5. The number of rotatable bonds is 6. The van der Waals surface area contributed by atoms with Crippen molar-refractivity contribution in [3.05, 3.63) is 49.9 Å². The fraction of sp³-hybridized carbons (Fsp3) is 0.385. The topological polar surface area (TPSA) is 176 Å². The third-order valence-electron chi connectivity index (χ3n) is 7.13. The number of aliphatic hydroxyl groups excluding tert-OH is 1. The Bertz CT molecular complexity index is 1590. The number of carbonyl (C=O) groups excluding carboxylic acids is 3. The van der Waals surface area contributed by atoms with E-state index in [1.165, 1.54) is 18.4 Å². The Kier molecular flexibility index (Phi) is 8.83. The zero-order chi connectivity index (χ0) is 30.0. The van der Waals surface area contributed by atoms with E-state index < -0.39 is 24.0 Å². The van der Waals surface area contributed by atoms with Crippen LogP contribution in [0.1, 0.15) is 37.6 Å². The molecule has 4 heterocycles. The molecule has 2 atom stereocenters. The average molecular weight is 634 g/mol. The number of ether oxygens (including phenoxy) is 1. The molecular formula is C26H26Cl2N8O5S. The summed E-state index contributed by atoms with van der Waals surface area (Å²) in [4.78, 5) is 46.8. The molecule has 0 bridgehead atoms. The van der Waals surface area contributed by atoms with Gasteiger partial charge in [-0.1, -0.05) is 23.2 Å². The number of fused-ring (bicyclic) bond motifs is 2. The zero-order valence-electron chi connectivity index (χ0n) is 22.3. The Morgan fingerprint density at radius 3 is 2.83 bits per heavy atom. The summed E-state index contributed by atoms with van der Waals surface area (Å²) in [5, 5.41) is 31.4. The molecule has 3 aromatic rings. The van der Waals surface area contributed by atoms with E-state index in [2.05, 4.69) is 25.8 Å². The summed E-state index contributed by atoms with van der Waals surface area (Å²) < 4.78 is 5.75. The third kappa shape index (κ3) is 6.00. The number of benzene rings is 1. The van der Waals surface area contributed by atoms with Crippen LogP contribution in [0.2, 0.25) is 10.0 Å². The monoisotopic (exact) mass is 632 g/mol. The number of carbonyl (C=O) groups is 3. The van der Waals surface area contributed by atoms with E-state index in [0.717, 1.165) is 15.8 Å². The number of guanidine groups is 1. The van der Waals surface area contributed by atoms with Gasteiger partial charge in [-0.2, -0.15) is 10.4 Å². The number of hydrogen-bond acceptors (Lipinski definition) is 9. The van der Waals surface area contributed by atoms with E-state index in [4.69, 9.17) is 33.2 Å². The molecule has 2 aromatic heterocycles. The number of aromatic nitrogens is 2. The van der Waals surface area contributed by atoms with Gasteiger partial charge in [0.1, 0.15) is 6.04 Å². The Balaban J connectivity index is 1.30. The van der Waals surface area contributed by atoms with Crippen molar-refractivity contribution in [1.29, 1.82) is 5.26 Å². The molecule has 16 heteroatoms. The number of hydrogen-bond donors (Lipinski definition) is 4. The quantitative estimate of drug-likeness (QED) is 0.137. The molecule has 220 valence electrons. The van der Waals surface area contributed by atoms with Gasteiger partial charge >= 0.3 is 5.97 Å². The lowest BCUT2D eigenvalue weighted by molar-refractivity contribution is -0.142. The highest BCUT2D eigenvalue weighted by Gasteiger charge is 2.31. The van der Waals surface area contributed by atoms with Gasteiger partial charge in [0.05, 0.1) is 50.1 Å². The number of esters is 1. The number of halogens is 2. The maximum absolute atomic E-state index is 13.4. The van der Waals surface area contributed by atoms with E-state index >= 15 is 0 Å².